The summed E-state index contributed by atoms with van der Waals surface area (Å²) in [6, 6.07) is 7.81. The monoisotopic (exact) mass is 281 g/mol. The summed E-state index contributed by atoms with van der Waals surface area (Å²) in [5.41, 5.74) is 7.48. The Hall–Kier alpha value is -1.49. The number of nitrogens with zero attached hydrogens (tertiary/aromatic N) is 1. The Kier molecular flexibility index (Phi) is 2.87. The Morgan fingerprint density at radius 1 is 1.50 bits per heavy atom. The first-order chi connectivity index (χ1) is 7.58. The molecule has 16 heavy (non-hydrogen) atoms. The summed E-state index contributed by atoms with van der Waals surface area (Å²) < 4.78 is 2.50. The van der Waals surface area contributed by atoms with Crippen molar-refractivity contribution in [3.8, 4) is 0 Å². The number of hydrogen-bond donors (Lipinski definition) is 2. The number of nitrogens with one attached hydrogen (secondary N) is 1. The number of aryl methyl sites for hydroxylation is 1. The van der Waals surface area contributed by atoms with E-state index in [1.54, 1.807) is 6.92 Å². The van der Waals surface area contributed by atoms with Crippen LogP contribution in [0, 0.1) is 6.92 Å². The van der Waals surface area contributed by atoms with E-state index >= 15 is 0 Å². The molecule has 1 aromatic carbocycles. The first-order valence-electron chi connectivity index (χ1n) is 4.87. The van der Waals surface area contributed by atoms with Crippen molar-refractivity contribution >= 4 is 21.6 Å². The van der Waals surface area contributed by atoms with Crippen molar-refractivity contribution in [2.24, 2.45) is 0 Å². The van der Waals surface area contributed by atoms with Gasteiger partial charge in [0.1, 0.15) is 5.69 Å². The van der Waals surface area contributed by atoms with Gasteiger partial charge >= 0.3 is 0 Å². The normalized spacial score (nSPS) is 10.6. The maximum Gasteiger partial charge on any atom is 0.290 e. The SMILES string of the molecule is Cc1[nH]n(Cc2cccc(Br)c2)c(=O)c1N. The van der Waals surface area contributed by atoms with E-state index in [-0.39, 0.29) is 11.2 Å². The van der Waals surface area contributed by atoms with Gasteiger partial charge in [0.2, 0.25) is 0 Å². The van der Waals surface area contributed by atoms with Crippen molar-refractivity contribution in [2.45, 2.75) is 13.5 Å². The second kappa shape index (κ2) is 4.17. The lowest BCUT2D eigenvalue weighted by Crippen LogP contribution is -2.19. The van der Waals surface area contributed by atoms with Crippen LogP contribution in [0.2, 0.25) is 0 Å². The van der Waals surface area contributed by atoms with E-state index in [4.69, 9.17) is 5.73 Å². The third-order valence-corrected chi connectivity index (χ3v) is 2.91. The van der Waals surface area contributed by atoms with Gasteiger partial charge in [-0.3, -0.25) is 9.89 Å². The van der Waals surface area contributed by atoms with Crippen molar-refractivity contribution in [3.05, 3.63) is 50.3 Å². The molecule has 2 aromatic rings. The third kappa shape index (κ3) is 2.04. The van der Waals surface area contributed by atoms with Gasteiger partial charge in [-0.25, -0.2) is 4.68 Å². The minimum Gasteiger partial charge on any atom is -0.393 e. The molecule has 0 bridgehead atoms. The standard InChI is InChI=1S/C11H12BrN3O/c1-7-10(13)11(16)15(14-7)6-8-3-2-4-9(12)5-8/h2-5,14H,6,13H2,1H3. The Morgan fingerprint density at radius 2 is 2.25 bits per heavy atom. The van der Waals surface area contributed by atoms with Crippen LogP contribution < -0.4 is 11.3 Å². The number of nitrogen functional groups attached to an aromatic ring is 1. The van der Waals surface area contributed by atoms with Crippen LogP contribution in [0.3, 0.4) is 0 Å². The molecule has 84 valence electrons. The van der Waals surface area contributed by atoms with E-state index in [2.05, 4.69) is 21.0 Å². The number of hydrogen-bond acceptors (Lipinski definition) is 2. The summed E-state index contributed by atoms with van der Waals surface area (Å²) in [7, 11) is 0. The van der Waals surface area contributed by atoms with E-state index < -0.39 is 0 Å². The van der Waals surface area contributed by atoms with Crippen LogP contribution in [0.4, 0.5) is 5.69 Å². The molecule has 0 aliphatic rings. The molecule has 0 atom stereocenters. The molecule has 0 radical (unpaired) electrons. The molecule has 1 aromatic heterocycles. The van der Waals surface area contributed by atoms with Crippen molar-refractivity contribution in [1.29, 1.82) is 0 Å². The van der Waals surface area contributed by atoms with E-state index in [9.17, 15) is 4.79 Å². The van der Waals surface area contributed by atoms with Crippen LogP contribution in [0.5, 0.6) is 0 Å². The van der Waals surface area contributed by atoms with Crippen LogP contribution in [-0.2, 0) is 6.54 Å². The highest BCUT2D eigenvalue weighted by atomic mass is 79.9. The summed E-state index contributed by atoms with van der Waals surface area (Å²) in [4.78, 5) is 11.7. The molecule has 0 saturated carbocycles. The number of H-pyrrole nitrogens is 1. The Labute approximate surface area is 101 Å². The van der Waals surface area contributed by atoms with Crippen LogP contribution in [0.1, 0.15) is 11.3 Å². The maximum absolute atomic E-state index is 11.7. The summed E-state index contributed by atoms with van der Waals surface area (Å²) in [5.74, 6) is 0. The lowest BCUT2D eigenvalue weighted by molar-refractivity contribution is 0.658. The quantitative estimate of drug-likeness (QED) is 0.883. The summed E-state index contributed by atoms with van der Waals surface area (Å²) >= 11 is 3.39. The van der Waals surface area contributed by atoms with Crippen molar-refractivity contribution in [2.75, 3.05) is 5.73 Å². The number of nitrogens with two attached hydrogens (primary N) is 1. The molecule has 0 amide bonds. The number of rotatable bonds is 2. The van der Waals surface area contributed by atoms with Gasteiger partial charge in [-0.05, 0) is 24.6 Å². The number of anilines is 1. The number of benzene rings is 1. The maximum atomic E-state index is 11.7. The lowest BCUT2D eigenvalue weighted by atomic mass is 10.2. The molecule has 0 unspecified atom stereocenters. The van der Waals surface area contributed by atoms with E-state index in [1.807, 2.05) is 24.3 Å². The van der Waals surface area contributed by atoms with Crippen molar-refractivity contribution in [3.63, 3.8) is 0 Å². The smallest absolute Gasteiger partial charge is 0.290 e. The Bertz CT molecular complexity index is 571. The average molecular weight is 282 g/mol. The molecular formula is C11H12BrN3O. The van der Waals surface area contributed by atoms with Gasteiger partial charge in [-0.15, -0.1) is 0 Å². The molecule has 5 heteroatoms. The van der Waals surface area contributed by atoms with Crippen molar-refractivity contribution < 1.29 is 0 Å². The van der Waals surface area contributed by atoms with Gasteiger partial charge in [0, 0.05) is 4.47 Å². The summed E-state index contributed by atoms with van der Waals surface area (Å²) in [6.07, 6.45) is 0. The third-order valence-electron chi connectivity index (χ3n) is 2.41. The van der Waals surface area contributed by atoms with Gasteiger partial charge in [0.15, 0.2) is 0 Å². The van der Waals surface area contributed by atoms with Crippen LogP contribution >= 0.6 is 15.9 Å². The van der Waals surface area contributed by atoms with Crippen LogP contribution in [0.25, 0.3) is 0 Å². The predicted octanol–water partition coefficient (Wildman–Crippen LogP) is 1.88. The second-order valence-corrected chi connectivity index (χ2v) is 4.59. The Balaban J connectivity index is 2.34. The molecular weight excluding hydrogens is 270 g/mol. The van der Waals surface area contributed by atoms with Gasteiger partial charge in [0.25, 0.3) is 5.56 Å². The molecule has 0 aliphatic heterocycles. The number of aromatic amines is 1. The van der Waals surface area contributed by atoms with Gasteiger partial charge in [-0.2, -0.15) is 0 Å². The molecule has 3 N–H and O–H groups in total. The molecule has 0 saturated heterocycles. The fourth-order valence-corrected chi connectivity index (χ4v) is 2.00. The highest BCUT2D eigenvalue weighted by Crippen LogP contribution is 2.12. The Morgan fingerprint density at radius 3 is 2.81 bits per heavy atom. The fraction of sp³-hybridized carbons (Fsp3) is 0.182. The zero-order chi connectivity index (χ0) is 11.7. The molecule has 0 spiro atoms. The zero-order valence-corrected chi connectivity index (χ0v) is 10.4. The fourth-order valence-electron chi connectivity index (χ4n) is 1.55. The predicted molar refractivity (Wildman–Crippen MR) is 67.4 cm³/mol. The number of halogens is 1. The molecule has 0 aliphatic carbocycles. The van der Waals surface area contributed by atoms with Gasteiger partial charge < -0.3 is 5.73 Å². The van der Waals surface area contributed by atoms with E-state index in [0.29, 0.717) is 12.2 Å². The second-order valence-electron chi connectivity index (χ2n) is 3.67. The first-order valence-corrected chi connectivity index (χ1v) is 5.66. The topological polar surface area (TPSA) is 63.8 Å². The van der Waals surface area contributed by atoms with E-state index in [0.717, 1.165) is 10.0 Å². The summed E-state index contributed by atoms with van der Waals surface area (Å²) in [5, 5.41) is 2.94. The van der Waals surface area contributed by atoms with Gasteiger partial charge in [-0.1, -0.05) is 28.1 Å². The molecule has 0 fully saturated rings. The molecule has 2 rings (SSSR count). The lowest BCUT2D eigenvalue weighted by Gasteiger charge is -2.02. The van der Waals surface area contributed by atoms with Crippen molar-refractivity contribution in [1.82, 2.24) is 9.78 Å². The first kappa shape index (κ1) is 11.0. The van der Waals surface area contributed by atoms with Crippen LogP contribution in [0.15, 0.2) is 33.5 Å². The molecule has 1 heterocycles. The highest BCUT2D eigenvalue weighted by Gasteiger charge is 2.07. The molecule has 4 nitrogen and oxygen atoms in total. The zero-order valence-electron chi connectivity index (χ0n) is 8.83. The minimum absolute atomic E-state index is 0.169. The van der Waals surface area contributed by atoms with E-state index in [1.165, 1.54) is 4.68 Å². The summed E-state index contributed by atoms with van der Waals surface area (Å²) in [6.45, 7) is 2.28. The number of aromatic nitrogens is 2. The highest BCUT2D eigenvalue weighted by molar-refractivity contribution is 9.10. The average Bonchev–Trinajstić information content (AvgIpc) is 2.47. The van der Waals surface area contributed by atoms with Crippen LogP contribution in [-0.4, -0.2) is 9.78 Å². The van der Waals surface area contributed by atoms with Gasteiger partial charge in [0.05, 0.1) is 12.2 Å². The minimum atomic E-state index is -0.169. The largest absolute Gasteiger partial charge is 0.393 e.